The molecule has 0 spiro atoms. The number of nitrogens with two attached hydrogens (primary N) is 1. The molecule has 2 unspecified atom stereocenters. The van der Waals surface area contributed by atoms with Gasteiger partial charge in [-0.1, -0.05) is 17.3 Å². The number of fused-ring (bicyclic) bond motifs is 1. The van der Waals surface area contributed by atoms with E-state index in [2.05, 4.69) is 25.7 Å². The molecule has 0 saturated heterocycles. The summed E-state index contributed by atoms with van der Waals surface area (Å²) in [6, 6.07) is 13.1. The molecule has 37 heavy (non-hydrogen) atoms. The van der Waals surface area contributed by atoms with E-state index in [1.807, 2.05) is 18.2 Å². The molecule has 5 rings (SSSR count). The minimum Gasteiger partial charge on any atom is -0.468 e. The topological polar surface area (TPSA) is 147 Å². The molecule has 4 aromatic heterocycles. The third kappa shape index (κ3) is 5.86. The summed E-state index contributed by atoms with van der Waals surface area (Å²) in [5.41, 5.74) is 10.7. The van der Waals surface area contributed by atoms with Crippen molar-refractivity contribution >= 4 is 13.6 Å². The normalized spacial score (nSPS) is 16.6. The molecular formula is C25H27N5O6P+. The number of phosphoric ester groups is 1. The summed E-state index contributed by atoms with van der Waals surface area (Å²) in [7, 11) is -3.05. The summed E-state index contributed by atoms with van der Waals surface area (Å²) in [5, 5.41) is 4.16. The Morgan fingerprint density at radius 3 is 2.95 bits per heavy atom. The molecular weight excluding hydrogens is 497 g/mol. The minimum absolute atomic E-state index is 0.0929. The lowest BCUT2D eigenvalue weighted by molar-refractivity contribution is -0.711. The first-order valence-electron chi connectivity index (χ1n) is 11.7. The zero-order chi connectivity index (χ0) is 25.8. The Bertz CT molecular complexity index is 1430. The number of nitrogens with zero attached hydrogens (tertiary/aromatic N) is 4. The molecule has 1 aliphatic carbocycles. The van der Waals surface area contributed by atoms with Crippen molar-refractivity contribution in [1.82, 2.24) is 15.1 Å². The van der Waals surface area contributed by atoms with Crippen LogP contribution < -0.4 is 15.0 Å². The van der Waals surface area contributed by atoms with E-state index in [1.54, 1.807) is 36.8 Å². The van der Waals surface area contributed by atoms with Crippen LogP contribution in [0, 0.1) is 0 Å². The fourth-order valence-electron chi connectivity index (χ4n) is 4.22. The Labute approximate surface area is 213 Å². The van der Waals surface area contributed by atoms with Gasteiger partial charge in [0.05, 0.1) is 17.6 Å². The molecule has 1 aliphatic rings. The monoisotopic (exact) mass is 524 g/mol. The van der Waals surface area contributed by atoms with Gasteiger partial charge < -0.3 is 14.2 Å². The highest BCUT2D eigenvalue weighted by molar-refractivity contribution is 7.47. The zero-order valence-corrected chi connectivity index (χ0v) is 21.1. The van der Waals surface area contributed by atoms with Crippen molar-refractivity contribution in [2.75, 3.05) is 12.8 Å². The Morgan fingerprint density at radius 1 is 1.24 bits per heavy atom. The maximum Gasteiger partial charge on any atom is 0.475 e. The zero-order valence-electron chi connectivity index (χ0n) is 20.2. The van der Waals surface area contributed by atoms with Gasteiger partial charge in [-0.2, -0.15) is 0 Å². The number of phosphoric acid groups is 1. The highest BCUT2D eigenvalue weighted by Crippen LogP contribution is 2.41. The van der Waals surface area contributed by atoms with Crippen molar-refractivity contribution in [3.05, 3.63) is 83.6 Å². The summed E-state index contributed by atoms with van der Waals surface area (Å²) < 4.78 is 34.0. The van der Waals surface area contributed by atoms with Crippen LogP contribution in [0.2, 0.25) is 0 Å². The van der Waals surface area contributed by atoms with Gasteiger partial charge in [-0.15, -0.1) is 0 Å². The number of anilines is 1. The first-order chi connectivity index (χ1) is 17.9. The lowest BCUT2D eigenvalue weighted by atomic mass is 9.94. The van der Waals surface area contributed by atoms with Crippen molar-refractivity contribution in [3.8, 4) is 17.2 Å². The van der Waals surface area contributed by atoms with Gasteiger partial charge in [-0.3, -0.25) is 15.2 Å². The van der Waals surface area contributed by atoms with Crippen LogP contribution in [0.1, 0.15) is 41.5 Å². The van der Waals surface area contributed by atoms with Crippen molar-refractivity contribution in [3.63, 3.8) is 0 Å². The van der Waals surface area contributed by atoms with E-state index in [9.17, 15) is 9.46 Å². The largest absolute Gasteiger partial charge is 0.475 e. The molecule has 192 valence electrons. The summed E-state index contributed by atoms with van der Waals surface area (Å²) in [6.07, 6.45) is 8.58. The van der Waals surface area contributed by atoms with Gasteiger partial charge in [0.1, 0.15) is 11.7 Å². The molecule has 0 fully saturated rings. The standard InChI is InChI=1S/C25H26N5O6P/c1-33-37(31,32)34-16-30-12-4-7-20(25(30)26)22-14-19(29-36-22)13-17-9-10-23(28-15-17)35-21-8-2-5-18-6-3-11-27-24(18)21/h3-4,6-7,9-12,14-15,21,26H,2,5,8,13,16H2,1H3,(H,31,32)/p+1. The molecule has 0 amide bonds. The number of hydrogen-bond acceptors (Lipinski definition) is 9. The van der Waals surface area contributed by atoms with E-state index in [0.29, 0.717) is 29.3 Å². The van der Waals surface area contributed by atoms with Crippen LogP contribution in [0.25, 0.3) is 11.3 Å². The van der Waals surface area contributed by atoms with Gasteiger partial charge in [-0.25, -0.2) is 18.6 Å². The van der Waals surface area contributed by atoms with E-state index < -0.39 is 7.82 Å². The number of ether oxygens (including phenoxy) is 1. The average molecular weight is 524 g/mol. The molecule has 0 bridgehead atoms. The van der Waals surface area contributed by atoms with Crippen LogP contribution in [-0.4, -0.2) is 27.1 Å². The molecule has 12 heteroatoms. The van der Waals surface area contributed by atoms with E-state index in [1.165, 1.54) is 10.1 Å². The average Bonchev–Trinajstić information content (AvgIpc) is 3.37. The second kappa shape index (κ2) is 10.8. The Hall–Kier alpha value is -3.63. The maximum absolute atomic E-state index is 11.6. The van der Waals surface area contributed by atoms with Crippen LogP contribution in [0.3, 0.4) is 0 Å². The molecule has 0 saturated carbocycles. The maximum atomic E-state index is 11.6. The summed E-state index contributed by atoms with van der Waals surface area (Å²) >= 11 is 0. The first-order valence-corrected chi connectivity index (χ1v) is 13.2. The SMILES string of the molecule is COP(=O)(O)OC[n+]1cccc(-c2cc(Cc3ccc(OC4CCCc5cccnc54)nc3)no2)c1N. The lowest BCUT2D eigenvalue weighted by Gasteiger charge is -2.24. The van der Waals surface area contributed by atoms with E-state index >= 15 is 0 Å². The fourth-order valence-corrected chi connectivity index (χ4v) is 4.59. The van der Waals surface area contributed by atoms with Gasteiger partial charge in [0.25, 0.3) is 5.82 Å². The minimum atomic E-state index is -4.14. The van der Waals surface area contributed by atoms with Gasteiger partial charge in [0.2, 0.25) is 12.6 Å². The Morgan fingerprint density at radius 2 is 2.14 bits per heavy atom. The lowest BCUT2D eigenvalue weighted by Crippen LogP contribution is -2.38. The molecule has 0 radical (unpaired) electrons. The molecule has 4 heterocycles. The van der Waals surface area contributed by atoms with Crippen molar-refractivity contribution < 1.29 is 32.3 Å². The smallest absolute Gasteiger partial charge is 0.468 e. The summed E-state index contributed by atoms with van der Waals surface area (Å²) in [4.78, 5) is 18.5. The molecule has 3 N–H and O–H groups in total. The molecule has 11 nitrogen and oxygen atoms in total. The first kappa shape index (κ1) is 25.0. The van der Waals surface area contributed by atoms with Gasteiger partial charge in [0, 0.05) is 38.1 Å². The van der Waals surface area contributed by atoms with Gasteiger partial charge >= 0.3 is 7.82 Å². The van der Waals surface area contributed by atoms with Crippen molar-refractivity contribution in [1.29, 1.82) is 0 Å². The Kier molecular flexibility index (Phi) is 7.29. The van der Waals surface area contributed by atoms with Gasteiger partial charge in [-0.05, 0) is 48.6 Å². The molecule has 4 aromatic rings. The quantitative estimate of drug-likeness (QED) is 0.245. The second-order valence-electron chi connectivity index (χ2n) is 8.60. The van der Waals surface area contributed by atoms with Crippen molar-refractivity contribution in [2.45, 2.75) is 38.5 Å². The number of hydrogen-bond donors (Lipinski definition) is 2. The van der Waals surface area contributed by atoms with E-state index in [-0.39, 0.29) is 18.7 Å². The van der Waals surface area contributed by atoms with E-state index in [4.69, 9.17) is 19.5 Å². The van der Waals surface area contributed by atoms with Crippen LogP contribution in [0.15, 0.2) is 65.6 Å². The summed E-state index contributed by atoms with van der Waals surface area (Å²) in [6.45, 7) is -0.273. The third-order valence-electron chi connectivity index (χ3n) is 6.12. The van der Waals surface area contributed by atoms with Gasteiger partial charge in [0.15, 0.2) is 5.76 Å². The number of aryl methyl sites for hydroxylation is 1. The molecule has 0 aliphatic heterocycles. The predicted molar refractivity (Wildman–Crippen MR) is 132 cm³/mol. The van der Waals surface area contributed by atoms with Crippen LogP contribution in [-0.2, 0) is 33.2 Å². The van der Waals surface area contributed by atoms with E-state index in [0.717, 1.165) is 37.6 Å². The second-order valence-corrected chi connectivity index (χ2v) is 10.2. The number of rotatable bonds is 9. The predicted octanol–water partition coefficient (Wildman–Crippen LogP) is 3.77. The van der Waals surface area contributed by atoms with Crippen LogP contribution in [0.5, 0.6) is 5.88 Å². The number of aromatic nitrogens is 4. The highest BCUT2D eigenvalue weighted by atomic mass is 31.2. The van der Waals surface area contributed by atoms with Crippen LogP contribution >= 0.6 is 7.82 Å². The van der Waals surface area contributed by atoms with Crippen LogP contribution in [0.4, 0.5) is 5.82 Å². The summed E-state index contributed by atoms with van der Waals surface area (Å²) in [5.74, 6) is 1.29. The Balaban J connectivity index is 1.24. The molecule has 0 aromatic carbocycles. The number of nitrogen functional groups attached to an aromatic ring is 1. The number of pyridine rings is 3. The third-order valence-corrected chi connectivity index (χ3v) is 7.02. The highest BCUT2D eigenvalue weighted by Gasteiger charge is 2.24. The molecule has 2 atom stereocenters. The fraction of sp³-hybridized carbons (Fsp3) is 0.280. The van der Waals surface area contributed by atoms with Crippen molar-refractivity contribution in [2.24, 2.45) is 0 Å².